The highest BCUT2D eigenvalue weighted by Gasteiger charge is 2.47. The van der Waals surface area contributed by atoms with Gasteiger partial charge in [-0.2, -0.15) is 0 Å². The third kappa shape index (κ3) is 4.26. The first-order valence-electron chi connectivity index (χ1n) is 13.6. The number of fused-ring (bicyclic) bond motifs is 2. The van der Waals surface area contributed by atoms with Crippen LogP contribution in [0, 0.1) is 11.3 Å². The second-order valence-corrected chi connectivity index (χ2v) is 13.0. The Morgan fingerprint density at radius 3 is 2.66 bits per heavy atom. The zero-order valence-corrected chi connectivity index (χ0v) is 20.4. The van der Waals surface area contributed by atoms with Gasteiger partial charge in [0.2, 0.25) is 5.91 Å². The largest absolute Gasteiger partial charge is 0.340 e. The molecule has 0 aromatic carbocycles. The molecule has 32 heavy (non-hydrogen) atoms. The van der Waals surface area contributed by atoms with Crippen molar-refractivity contribution < 1.29 is 4.79 Å². The molecule has 4 aliphatic heterocycles. The van der Waals surface area contributed by atoms with Crippen LogP contribution in [0.1, 0.15) is 77.0 Å². The van der Waals surface area contributed by atoms with Crippen molar-refractivity contribution in [2.45, 2.75) is 112 Å². The average Bonchev–Trinajstić information content (AvgIpc) is 3.42. The third-order valence-corrected chi connectivity index (χ3v) is 11.1. The molecule has 6 fully saturated rings. The molecule has 0 bridgehead atoms. The molecule has 2 aliphatic carbocycles. The predicted octanol–water partition coefficient (Wildman–Crippen LogP) is 2.40. The van der Waals surface area contributed by atoms with Crippen LogP contribution in [0.5, 0.6) is 0 Å². The number of rotatable bonds is 5. The molecule has 180 valence electrons. The fourth-order valence-corrected chi connectivity index (χ4v) is 9.09. The van der Waals surface area contributed by atoms with Gasteiger partial charge in [-0.15, -0.1) is 11.8 Å². The van der Waals surface area contributed by atoms with Crippen molar-refractivity contribution in [2.24, 2.45) is 11.3 Å². The number of nitrogens with zero attached hydrogens (tertiary/aromatic N) is 1. The first-order chi connectivity index (χ1) is 15.7. The molecular formula is C25H43N5OS. The van der Waals surface area contributed by atoms with E-state index in [0.717, 1.165) is 38.4 Å². The Hall–Kier alpha value is -0.340. The molecule has 4 saturated heterocycles. The predicted molar refractivity (Wildman–Crippen MR) is 131 cm³/mol. The van der Waals surface area contributed by atoms with Crippen molar-refractivity contribution in [1.29, 1.82) is 0 Å². The lowest BCUT2D eigenvalue weighted by atomic mass is 9.62. The molecule has 6 aliphatic rings. The highest BCUT2D eigenvalue weighted by Crippen LogP contribution is 2.46. The van der Waals surface area contributed by atoms with Gasteiger partial charge in [-0.25, -0.2) is 0 Å². The number of carbonyl (C=O) groups is 1. The summed E-state index contributed by atoms with van der Waals surface area (Å²) in [5.74, 6) is 1.12. The smallest absolute Gasteiger partial charge is 0.239 e. The summed E-state index contributed by atoms with van der Waals surface area (Å²) in [6.07, 6.45) is 15.7. The summed E-state index contributed by atoms with van der Waals surface area (Å²) in [6.45, 7) is 4.17. The fourth-order valence-electron chi connectivity index (χ4n) is 7.64. The molecule has 7 heteroatoms. The first-order valence-corrected chi connectivity index (χ1v) is 14.6. The van der Waals surface area contributed by atoms with Crippen LogP contribution >= 0.6 is 11.8 Å². The van der Waals surface area contributed by atoms with Gasteiger partial charge in [0.25, 0.3) is 0 Å². The molecule has 2 saturated carbocycles. The lowest BCUT2D eigenvalue weighted by molar-refractivity contribution is -0.134. The minimum absolute atomic E-state index is 0.0782. The Balaban J connectivity index is 1.00. The van der Waals surface area contributed by atoms with E-state index in [2.05, 4.69) is 26.2 Å². The van der Waals surface area contributed by atoms with Gasteiger partial charge in [0.1, 0.15) is 5.50 Å². The third-order valence-electron chi connectivity index (χ3n) is 9.75. The van der Waals surface area contributed by atoms with Gasteiger partial charge in [0, 0.05) is 43.0 Å². The lowest BCUT2D eigenvalue weighted by Crippen LogP contribution is -2.58. The van der Waals surface area contributed by atoms with Crippen LogP contribution in [-0.2, 0) is 4.79 Å². The molecular weight excluding hydrogens is 418 g/mol. The number of carbonyl (C=O) groups excluding carboxylic acids is 1. The van der Waals surface area contributed by atoms with Gasteiger partial charge in [0.05, 0.1) is 6.04 Å². The van der Waals surface area contributed by atoms with E-state index in [9.17, 15) is 4.79 Å². The van der Waals surface area contributed by atoms with Crippen LogP contribution in [-0.4, -0.2) is 71.9 Å². The Morgan fingerprint density at radius 2 is 1.88 bits per heavy atom. The van der Waals surface area contributed by atoms with E-state index in [0.29, 0.717) is 40.2 Å². The quantitative estimate of drug-likeness (QED) is 0.504. The molecule has 0 aromatic heterocycles. The van der Waals surface area contributed by atoms with Gasteiger partial charge in [-0.1, -0.05) is 25.7 Å². The number of hydrogen-bond acceptors (Lipinski definition) is 6. The monoisotopic (exact) mass is 461 g/mol. The van der Waals surface area contributed by atoms with E-state index in [4.69, 9.17) is 0 Å². The Kier molecular flexibility index (Phi) is 6.48. The van der Waals surface area contributed by atoms with Crippen LogP contribution in [0.15, 0.2) is 0 Å². The van der Waals surface area contributed by atoms with Crippen LogP contribution < -0.4 is 21.3 Å². The molecule has 6 nitrogen and oxygen atoms in total. The van der Waals surface area contributed by atoms with E-state index >= 15 is 0 Å². The van der Waals surface area contributed by atoms with Gasteiger partial charge in [0.15, 0.2) is 0 Å². The summed E-state index contributed by atoms with van der Waals surface area (Å²) in [5, 5.41) is 15.8. The number of likely N-dealkylation sites (tertiary alicyclic amines) is 1. The number of piperidine rings is 2. The molecule has 4 N–H and O–H groups in total. The Bertz CT molecular complexity index is 667. The zero-order chi connectivity index (χ0) is 21.5. The van der Waals surface area contributed by atoms with Gasteiger partial charge < -0.3 is 15.5 Å². The summed E-state index contributed by atoms with van der Waals surface area (Å²) < 4.78 is 0. The molecule has 4 heterocycles. The van der Waals surface area contributed by atoms with E-state index in [1.54, 1.807) is 0 Å². The maximum absolute atomic E-state index is 13.3. The normalized spacial score (nSPS) is 43.4. The maximum atomic E-state index is 13.3. The minimum atomic E-state index is 0.0782. The van der Waals surface area contributed by atoms with Crippen LogP contribution in [0.25, 0.3) is 0 Å². The van der Waals surface area contributed by atoms with Crippen LogP contribution in [0.3, 0.4) is 0 Å². The number of amides is 1. The average molecular weight is 462 g/mol. The standard InChI is InChI=1S/C25H43N5OS/c31-23(20-14-17-6-1-2-7-18(17)28-20)30-13-9-19-21(15-30)32-24(29-19)27-16-25(10-5-11-25)22-8-3-4-12-26-22/h17-22,24,26-29H,1-16H2. The molecule has 7 unspecified atom stereocenters. The minimum Gasteiger partial charge on any atom is -0.340 e. The summed E-state index contributed by atoms with van der Waals surface area (Å²) in [4.78, 5) is 15.5. The first kappa shape index (κ1) is 22.1. The maximum Gasteiger partial charge on any atom is 0.239 e. The lowest BCUT2D eigenvalue weighted by Gasteiger charge is -2.50. The molecule has 0 aromatic rings. The summed E-state index contributed by atoms with van der Waals surface area (Å²) in [5.41, 5.74) is 0.817. The van der Waals surface area contributed by atoms with E-state index in [-0.39, 0.29) is 6.04 Å². The number of hydrogen-bond donors (Lipinski definition) is 4. The summed E-state index contributed by atoms with van der Waals surface area (Å²) in [7, 11) is 0. The van der Waals surface area contributed by atoms with Crippen molar-refractivity contribution in [3.05, 3.63) is 0 Å². The summed E-state index contributed by atoms with van der Waals surface area (Å²) in [6, 6.07) is 1.94. The van der Waals surface area contributed by atoms with E-state index in [1.165, 1.54) is 70.8 Å². The fraction of sp³-hybridized carbons (Fsp3) is 0.960. The molecule has 0 radical (unpaired) electrons. The molecule has 6 rings (SSSR count). The van der Waals surface area contributed by atoms with E-state index in [1.807, 2.05) is 11.8 Å². The Labute approximate surface area is 198 Å². The van der Waals surface area contributed by atoms with Crippen molar-refractivity contribution >= 4 is 17.7 Å². The topological polar surface area (TPSA) is 68.4 Å². The number of nitrogens with one attached hydrogen (secondary N) is 4. The number of thioether (sulfide) groups is 1. The molecule has 1 amide bonds. The van der Waals surface area contributed by atoms with Gasteiger partial charge in [-0.05, 0) is 69.2 Å². The van der Waals surface area contributed by atoms with Gasteiger partial charge >= 0.3 is 0 Å². The molecule has 7 atom stereocenters. The highest BCUT2D eigenvalue weighted by atomic mass is 32.2. The van der Waals surface area contributed by atoms with Crippen LogP contribution in [0.2, 0.25) is 0 Å². The van der Waals surface area contributed by atoms with Crippen molar-refractivity contribution in [3.63, 3.8) is 0 Å². The van der Waals surface area contributed by atoms with Crippen molar-refractivity contribution in [1.82, 2.24) is 26.2 Å². The van der Waals surface area contributed by atoms with Gasteiger partial charge in [-0.3, -0.25) is 15.4 Å². The molecule has 0 spiro atoms. The SMILES string of the molecule is O=C(C1CC2CCCCC2N1)N1CCC2NC(NCC3(C4CCCCN4)CCC3)SC2C1. The van der Waals surface area contributed by atoms with Crippen molar-refractivity contribution in [2.75, 3.05) is 26.2 Å². The van der Waals surface area contributed by atoms with E-state index < -0.39 is 0 Å². The van der Waals surface area contributed by atoms with Crippen LogP contribution in [0.4, 0.5) is 0 Å². The zero-order valence-electron chi connectivity index (χ0n) is 19.6. The Morgan fingerprint density at radius 1 is 1.00 bits per heavy atom. The van der Waals surface area contributed by atoms with Crippen molar-refractivity contribution in [3.8, 4) is 0 Å². The second-order valence-electron chi connectivity index (χ2n) is 11.6. The summed E-state index contributed by atoms with van der Waals surface area (Å²) >= 11 is 2.04. The second kappa shape index (κ2) is 9.37. The highest BCUT2D eigenvalue weighted by molar-refractivity contribution is 8.00.